The van der Waals surface area contributed by atoms with Gasteiger partial charge in [0.05, 0.1) is 0 Å². The van der Waals surface area contributed by atoms with Gasteiger partial charge in [0.2, 0.25) is 17.6 Å². The summed E-state index contributed by atoms with van der Waals surface area (Å²) < 4.78 is 6.94. The maximum Gasteiger partial charge on any atom is 0.287 e. The summed E-state index contributed by atoms with van der Waals surface area (Å²) in [6.45, 7) is 1.96. The third kappa shape index (κ3) is 7.96. The van der Waals surface area contributed by atoms with E-state index < -0.39 is 35.1 Å². The lowest BCUT2D eigenvalue weighted by Gasteiger charge is -2.45. The van der Waals surface area contributed by atoms with Crippen molar-refractivity contribution in [3.63, 3.8) is 0 Å². The summed E-state index contributed by atoms with van der Waals surface area (Å²) in [7, 11) is 0. The topological polar surface area (TPSA) is 169 Å². The highest BCUT2D eigenvalue weighted by Gasteiger charge is 2.39. The van der Waals surface area contributed by atoms with E-state index in [1.807, 2.05) is 6.08 Å². The number of hydrogen-bond acceptors (Lipinski definition) is 7. The Morgan fingerprint density at radius 1 is 1.08 bits per heavy atom. The molecule has 4 aliphatic rings. The van der Waals surface area contributed by atoms with Crippen LogP contribution in [0.2, 0.25) is 0 Å². The molecule has 4 unspecified atom stereocenters. The number of fused-ring (bicyclic) bond motifs is 3. The Labute approximate surface area is 285 Å². The molecule has 4 aliphatic carbocycles. The van der Waals surface area contributed by atoms with E-state index in [4.69, 9.17) is 4.42 Å². The van der Waals surface area contributed by atoms with Crippen LogP contribution in [-0.2, 0) is 32.1 Å². The number of Topliss-reactive ketones (excluding diaryl/α,β-unsaturated/α-hetero) is 1. The van der Waals surface area contributed by atoms with Crippen LogP contribution in [0.25, 0.3) is 6.08 Å². The maximum absolute atomic E-state index is 13.6. The van der Waals surface area contributed by atoms with Gasteiger partial charge >= 0.3 is 0 Å². The lowest BCUT2D eigenvalue weighted by atomic mass is 9.64. The van der Waals surface area contributed by atoms with Gasteiger partial charge in [0, 0.05) is 30.4 Å². The second-order valence-electron chi connectivity index (χ2n) is 13.8. The number of hydrogen-bond donors (Lipinski definition) is 4. The molecule has 5 atom stereocenters. The van der Waals surface area contributed by atoms with Gasteiger partial charge in [-0.1, -0.05) is 32.3 Å². The Morgan fingerprint density at radius 2 is 1.92 bits per heavy atom. The minimum atomic E-state index is -1.26. The number of anilines is 1. The van der Waals surface area contributed by atoms with Crippen LogP contribution in [0.1, 0.15) is 105 Å². The smallest absolute Gasteiger partial charge is 0.287 e. The predicted molar refractivity (Wildman–Crippen MR) is 186 cm³/mol. The second kappa shape index (κ2) is 14.7. The van der Waals surface area contributed by atoms with Crippen LogP contribution in [-0.4, -0.2) is 52.1 Å². The zero-order chi connectivity index (χ0) is 33.8. The number of furan rings is 1. The number of nitrogens with zero attached hydrogens (tertiary/aromatic N) is 1. The molecule has 0 spiro atoms. The van der Waals surface area contributed by atoms with Crippen LogP contribution >= 0.6 is 0 Å². The number of ketones is 1. The molecule has 6 rings (SSSR count). The van der Waals surface area contributed by atoms with E-state index in [2.05, 4.69) is 28.2 Å². The zero-order valence-corrected chi connectivity index (χ0v) is 27.4. The first-order chi connectivity index (χ1) is 23.2. The number of carbonyl (C=O) groups excluding carboxylic acids is 5. The molecule has 4 N–H and O–H groups in total. The molecule has 264 valence electrons. The molecule has 4 amide bonds. The molecule has 12 heteroatoms. The largest absolute Gasteiger partial charge is 0.451 e. The van der Waals surface area contributed by atoms with Crippen molar-refractivity contribution in [2.75, 3.05) is 5.32 Å². The number of amides is 4. The van der Waals surface area contributed by atoms with Crippen molar-refractivity contribution >= 4 is 41.2 Å². The normalized spacial score (nSPS) is 23.4. The minimum absolute atomic E-state index is 0. The average Bonchev–Trinajstić information content (AvgIpc) is 3.79. The average molecular weight is 668 g/mol. The quantitative estimate of drug-likeness (QED) is 0.229. The molecule has 0 saturated heterocycles. The lowest BCUT2D eigenvalue weighted by Crippen LogP contribution is -2.51. The van der Waals surface area contributed by atoms with Crippen molar-refractivity contribution < 1.29 is 34.1 Å². The minimum Gasteiger partial charge on any atom is -0.451 e. The van der Waals surface area contributed by atoms with Crippen LogP contribution in [0.4, 0.5) is 5.69 Å². The van der Waals surface area contributed by atoms with E-state index in [1.165, 1.54) is 29.7 Å². The number of carbonyl (C=O) groups is 5. The first-order valence-corrected chi connectivity index (χ1v) is 17.4. The third-order valence-electron chi connectivity index (χ3n) is 10.3. The summed E-state index contributed by atoms with van der Waals surface area (Å²) >= 11 is 0. The van der Waals surface area contributed by atoms with Gasteiger partial charge in [-0.05, 0) is 99.0 Å². The van der Waals surface area contributed by atoms with Gasteiger partial charge in [-0.15, -0.1) is 0 Å². The van der Waals surface area contributed by atoms with E-state index in [1.54, 1.807) is 18.2 Å². The van der Waals surface area contributed by atoms with E-state index in [9.17, 15) is 28.8 Å². The summed E-state index contributed by atoms with van der Waals surface area (Å²) in [6.07, 6.45) is 14.7. The molecule has 2 bridgehead atoms. The summed E-state index contributed by atoms with van der Waals surface area (Å²) in [5.74, 6) is -0.881. The SMILES string of the molecule is CCC1CC2CCCC(C2)C1NC(=O)Cn1cccc(NC(=O)[C@H](CCC(=O)C(=O)NC2CC2)NC(=O)c2cc3c(o2)C=CCC3)c1=O.[HH].[HH].[HH].[HH]. The van der Waals surface area contributed by atoms with Crippen molar-refractivity contribution in [3.05, 3.63) is 57.9 Å². The molecule has 12 nitrogen and oxygen atoms in total. The molecule has 2 heterocycles. The number of aryl methyl sites for hydroxylation is 1. The fourth-order valence-corrected chi connectivity index (χ4v) is 7.55. The van der Waals surface area contributed by atoms with E-state index in [0.717, 1.165) is 62.8 Å². The zero-order valence-electron chi connectivity index (χ0n) is 27.4. The number of nitrogens with one attached hydrogen (secondary N) is 4. The van der Waals surface area contributed by atoms with Crippen molar-refractivity contribution in [1.29, 1.82) is 0 Å². The van der Waals surface area contributed by atoms with Gasteiger partial charge in [-0.25, -0.2) is 0 Å². The van der Waals surface area contributed by atoms with Gasteiger partial charge in [0.1, 0.15) is 24.0 Å². The molecule has 3 fully saturated rings. The fraction of sp³-hybridized carbons (Fsp3) is 0.556. The van der Waals surface area contributed by atoms with Crippen molar-refractivity contribution in [1.82, 2.24) is 20.5 Å². The summed E-state index contributed by atoms with van der Waals surface area (Å²) in [6, 6.07) is 3.43. The van der Waals surface area contributed by atoms with Gasteiger partial charge in [-0.2, -0.15) is 0 Å². The maximum atomic E-state index is 13.6. The number of rotatable bonds is 13. The highest BCUT2D eigenvalue weighted by Crippen LogP contribution is 2.43. The third-order valence-corrected chi connectivity index (χ3v) is 10.3. The molecule has 0 aliphatic heterocycles. The Balaban J connectivity index is 0.00000234. The van der Waals surface area contributed by atoms with Crippen molar-refractivity contribution in [2.24, 2.45) is 17.8 Å². The molecule has 2 aromatic rings. The summed E-state index contributed by atoms with van der Waals surface area (Å²) in [4.78, 5) is 78.2. The van der Waals surface area contributed by atoms with Crippen molar-refractivity contribution in [3.8, 4) is 0 Å². The fourth-order valence-electron chi connectivity index (χ4n) is 7.55. The highest BCUT2D eigenvalue weighted by molar-refractivity contribution is 6.36. The van der Waals surface area contributed by atoms with Gasteiger partial charge in [0.15, 0.2) is 5.76 Å². The van der Waals surface area contributed by atoms with Gasteiger partial charge in [-0.3, -0.25) is 28.8 Å². The van der Waals surface area contributed by atoms with E-state index in [-0.39, 0.29) is 54.5 Å². The Kier molecular flexibility index (Phi) is 10.3. The standard InChI is InChI=1S/C36H45N5O7.4H2/c1-2-22-17-21-7-5-9-24(18-21)32(22)40-31(43)20-41-16-6-10-27(36(41)47)39-33(44)26(14-15-28(42)34(45)37-25-12-13-25)38-35(46)30-19-23-8-3-4-11-29(23)48-30;;;;/h4,6,10-11,16,19,21-22,24-26,32H,2-3,5,7-9,12-15,17-18,20H2,1H3,(H,37,45)(H,38,46)(H,39,44)(H,40,43);4*1H/t21?,22?,24?,26-,32?;;;;/m0..../s1. The van der Waals surface area contributed by atoms with E-state index >= 15 is 0 Å². The van der Waals surface area contributed by atoms with Gasteiger partial charge in [0.25, 0.3) is 17.4 Å². The van der Waals surface area contributed by atoms with Crippen LogP contribution in [0.15, 0.2) is 39.7 Å². The molecular formula is C36H53N5O7. The van der Waals surface area contributed by atoms with Crippen molar-refractivity contribution in [2.45, 2.75) is 109 Å². The van der Waals surface area contributed by atoms with Crippen LogP contribution in [0.3, 0.4) is 0 Å². The molecular weight excluding hydrogens is 614 g/mol. The Morgan fingerprint density at radius 3 is 2.69 bits per heavy atom. The number of aromatic nitrogens is 1. The number of allylic oxidation sites excluding steroid dienone is 1. The van der Waals surface area contributed by atoms with Crippen LogP contribution in [0, 0.1) is 17.8 Å². The predicted octanol–water partition coefficient (Wildman–Crippen LogP) is 4.47. The van der Waals surface area contributed by atoms with Gasteiger partial charge < -0.3 is 30.3 Å². The van der Waals surface area contributed by atoms with Crippen LogP contribution in [0.5, 0.6) is 0 Å². The summed E-state index contributed by atoms with van der Waals surface area (Å²) in [5, 5.41) is 11.1. The Hall–Kier alpha value is -4.48. The molecule has 0 aromatic carbocycles. The Bertz CT molecular complexity index is 1670. The van der Waals surface area contributed by atoms with Crippen LogP contribution < -0.4 is 26.8 Å². The first-order valence-electron chi connectivity index (χ1n) is 17.4. The molecule has 2 aromatic heterocycles. The highest BCUT2D eigenvalue weighted by atomic mass is 16.4. The van der Waals surface area contributed by atoms with E-state index in [0.29, 0.717) is 17.6 Å². The monoisotopic (exact) mass is 667 g/mol. The molecule has 48 heavy (non-hydrogen) atoms. The first kappa shape index (κ1) is 33.4. The molecule has 0 radical (unpaired) electrons. The number of pyridine rings is 1. The molecule has 3 saturated carbocycles. The summed E-state index contributed by atoms with van der Waals surface area (Å²) in [5.41, 5.74) is 0.219. The lowest BCUT2D eigenvalue weighted by molar-refractivity contribution is -0.138. The second-order valence-corrected chi connectivity index (χ2v) is 13.8.